The average Bonchev–Trinajstić information content (AvgIpc) is 2.94. The van der Waals surface area contributed by atoms with E-state index in [4.69, 9.17) is 4.52 Å². The summed E-state index contributed by atoms with van der Waals surface area (Å²) in [6.45, 7) is 2.72. The van der Waals surface area contributed by atoms with Crippen molar-refractivity contribution in [2.24, 2.45) is 0 Å². The van der Waals surface area contributed by atoms with Crippen LogP contribution in [0.2, 0.25) is 0 Å². The van der Waals surface area contributed by atoms with Crippen LogP contribution in [-0.4, -0.2) is 16.8 Å². The molecule has 18 heavy (non-hydrogen) atoms. The first-order valence-corrected chi connectivity index (χ1v) is 6.54. The van der Waals surface area contributed by atoms with Gasteiger partial charge in [0.05, 0.1) is 12.2 Å². The Labute approximate surface area is 107 Å². The first kappa shape index (κ1) is 11.5. The molecule has 1 atom stereocenters. The van der Waals surface area contributed by atoms with Crippen molar-refractivity contribution in [1.29, 1.82) is 0 Å². The van der Waals surface area contributed by atoms with Gasteiger partial charge in [-0.2, -0.15) is 0 Å². The summed E-state index contributed by atoms with van der Waals surface area (Å²) in [7, 11) is 2.04. The maximum absolute atomic E-state index is 5.27. The van der Waals surface area contributed by atoms with Crippen LogP contribution in [0, 0.1) is 6.92 Å². The van der Waals surface area contributed by atoms with E-state index in [1.165, 1.54) is 30.4 Å². The number of rotatable bonds is 3. The Hall–Kier alpha value is -1.55. The van der Waals surface area contributed by atoms with Gasteiger partial charge in [-0.25, -0.2) is 0 Å². The summed E-state index contributed by atoms with van der Waals surface area (Å²) in [5.41, 5.74) is 3.85. The molecule has 0 saturated heterocycles. The van der Waals surface area contributed by atoms with E-state index in [1.807, 2.05) is 20.0 Å². The standard InChI is InChI=1S/C14H19N3O/c1-10-6-12(18-16-10)8-17-7-11-4-3-5-14(15-2)13(11)9-17/h6-7,9,14-15H,3-5,8H2,1-2H3. The highest BCUT2D eigenvalue weighted by Crippen LogP contribution is 2.30. The lowest BCUT2D eigenvalue weighted by molar-refractivity contribution is 0.373. The van der Waals surface area contributed by atoms with Crippen molar-refractivity contribution < 1.29 is 4.52 Å². The highest BCUT2D eigenvalue weighted by Gasteiger charge is 2.20. The molecule has 4 nitrogen and oxygen atoms in total. The second-order valence-corrected chi connectivity index (χ2v) is 5.08. The van der Waals surface area contributed by atoms with Gasteiger partial charge < -0.3 is 14.4 Å². The molecule has 0 spiro atoms. The van der Waals surface area contributed by atoms with E-state index in [0.29, 0.717) is 6.04 Å². The second-order valence-electron chi connectivity index (χ2n) is 5.08. The number of nitrogens with one attached hydrogen (secondary N) is 1. The number of hydrogen-bond acceptors (Lipinski definition) is 3. The highest BCUT2D eigenvalue weighted by molar-refractivity contribution is 5.30. The van der Waals surface area contributed by atoms with Gasteiger partial charge in [0.1, 0.15) is 0 Å². The predicted octanol–water partition coefficient (Wildman–Crippen LogP) is 2.43. The molecule has 96 valence electrons. The average molecular weight is 245 g/mol. The maximum Gasteiger partial charge on any atom is 0.156 e. The lowest BCUT2D eigenvalue weighted by Gasteiger charge is -2.21. The fraction of sp³-hybridized carbons (Fsp3) is 0.500. The molecule has 0 aliphatic heterocycles. The van der Waals surface area contributed by atoms with Crippen molar-refractivity contribution in [2.75, 3.05) is 7.05 Å². The van der Waals surface area contributed by atoms with E-state index in [2.05, 4.69) is 27.4 Å². The van der Waals surface area contributed by atoms with Crippen molar-refractivity contribution in [3.8, 4) is 0 Å². The molecule has 0 aromatic carbocycles. The summed E-state index contributed by atoms with van der Waals surface area (Å²) in [5, 5.41) is 7.32. The summed E-state index contributed by atoms with van der Waals surface area (Å²) in [4.78, 5) is 0. The van der Waals surface area contributed by atoms with Crippen LogP contribution < -0.4 is 5.32 Å². The molecule has 2 aromatic heterocycles. The summed E-state index contributed by atoms with van der Waals surface area (Å²) >= 11 is 0. The number of aryl methyl sites for hydroxylation is 2. The predicted molar refractivity (Wildman–Crippen MR) is 69.5 cm³/mol. The third-order valence-electron chi connectivity index (χ3n) is 3.68. The fourth-order valence-corrected chi connectivity index (χ4v) is 2.81. The van der Waals surface area contributed by atoms with E-state index in [-0.39, 0.29) is 0 Å². The van der Waals surface area contributed by atoms with E-state index in [9.17, 15) is 0 Å². The fourth-order valence-electron chi connectivity index (χ4n) is 2.81. The third kappa shape index (κ3) is 2.08. The van der Waals surface area contributed by atoms with E-state index in [0.717, 1.165) is 18.0 Å². The Morgan fingerprint density at radius 3 is 3.11 bits per heavy atom. The third-order valence-corrected chi connectivity index (χ3v) is 3.68. The molecule has 3 rings (SSSR count). The minimum absolute atomic E-state index is 0.506. The van der Waals surface area contributed by atoms with Crippen molar-refractivity contribution in [1.82, 2.24) is 15.0 Å². The minimum atomic E-state index is 0.506. The number of fused-ring (bicyclic) bond motifs is 1. The molecule has 1 aliphatic carbocycles. The van der Waals surface area contributed by atoms with Crippen LogP contribution in [0.5, 0.6) is 0 Å². The van der Waals surface area contributed by atoms with Crippen LogP contribution >= 0.6 is 0 Å². The molecular weight excluding hydrogens is 226 g/mol. The minimum Gasteiger partial charge on any atom is -0.359 e. The van der Waals surface area contributed by atoms with Gasteiger partial charge in [0.25, 0.3) is 0 Å². The van der Waals surface area contributed by atoms with E-state index in [1.54, 1.807) is 0 Å². The Kier molecular flexibility index (Phi) is 2.96. The van der Waals surface area contributed by atoms with Crippen molar-refractivity contribution >= 4 is 0 Å². The van der Waals surface area contributed by atoms with Crippen molar-refractivity contribution in [3.05, 3.63) is 41.0 Å². The first-order chi connectivity index (χ1) is 8.76. The lowest BCUT2D eigenvalue weighted by Crippen LogP contribution is -2.20. The number of nitrogens with zero attached hydrogens (tertiary/aromatic N) is 2. The molecule has 2 aromatic rings. The van der Waals surface area contributed by atoms with Gasteiger partial charge in [-0.15, -0.1) is 0 Å². The molecule has 0 fully saturated rings. The Morgan fingerprint density at radius 1 is 1.50 bits per heavy atom. The zero-order valence-corrected chi connectivity index (χ0v) is 10.9. The normalized spacial score (nSPS) is 18.9. The second kappa shape index (κ2) is 4.61. The molecular formula is C14H19N3O. The van der Waals surface area contributed by atoms with Crippen molar-refractivity contribution in [2.45, 2.75) is 38.8 Å². The van der Waals surface area contributed by atoms with Gasteiger partial charge in [0, 0.05) is 24.5 Å². The topological polar surface area (TPSA) is 43.0 Å². The summed E-state index contributed by atoms with van der Waals surface area (Å²) in [6.07, 6.45) is 8.18. The Bertz CT molecular complexity index is 541. The molecule has 4 heteroatoms. The quantitative estimate of drug-likeness (QED) is 0.903. The smallest absolute Gasteiger partial charge is 0.156 e. The molecule has 0 bridgehead atoms. The molecule has 0 radical (unpaired) electrons. The number of hydrogen-bond donors (Lipinski definition) is 1. The molecule has 1 N–H and O–H groups in total. The SMILES string of the molecule is CNC1CCCc2cn(Cc3cc(C)no3)cc21. The zero-order valence-electron chi connectivity index (χ0n) is 10.9. The maximum atomic E-state index is 5.27. The lowest BCUT2D eigenvalue weighted by atomic mass is 9.91. The summed E-state index contributed by atoms with van der Waals surface area (Å²) < 4.78 is 7.48. The van der Waals surface area contributed by atoms with Crippen LogP contribution in [0.25, 0.3) is 0 Å². The molecule has 1 unspecified atom stereocenters. The molecule has 0 amide bonds. The van der Waals surface area contributed by atoms with Crippen molar-refractivity contribution in [3.63, 3.8) is 0 Å². The van der Waals surface area contributed by atoms with Crippen LogP contribution in [0.4, 0.5) is 0 Å². The summed E-state index contributed by atoms with van der Waals surface area (Å²) in [6, 6.07) is 2.50. The summed E-state index contributed by atoms with van der Waals surface area (Å²) in [5.74, 6) is 0.917. The van der Waals surface area contributed by atoms with Crippen LogP contribution in [0.1, 0.15) is 41.5 Å². The van der Waals surface area contributed by atoms with Gasteiger partial charge in [0.2, 0.25) is 0 Å². The van der Waals surface area contributed by atoms with Crippen LogP contribution in [0.3, 0.4) is 0 Å². The molecule has 0 saturated carbocycles. The molecule has 2 heterocycles. The van der Waals surface area contributed by atoms with Gasteiger partial charge in [-0.1, -0.05) is 5.16 Å². The largest absolute Gasteiger partial charge is 0.359 e. The van der Waals surface area contributed by atoms with E-state index < -0.39 is 0 Å². The van der Waals surface area contributed by atoms with Gasteiger partial charge >= 0.3 is 0 Å². The van der Waals surface area contributed by atoms with Gasteiger partial charge in [0.15, 0.2) is 5.76 Å². The monoisotopic (exact) mass is 245 g/mol. The van der Waals surface area contributed by atoms with Crippen LogP contribution in [0.15, 0.2) is 23.0 Å². The Balaban J connectivity index is 1.84. The van der Waals surface area contributed by atoms with E-state index >= 15 is 0 Å². The van der Waals surface area contributed by atoms with Gasteiger partial charge in [-0.05, 0) is 44.4 Å². The van der Waals surface area contributed by atoms with Crippen LogP contribution in [-0.2, 0) is 13.0 Å². The zero-order chi connectivity index (χ0) is 12.5. The van der Waals surface area contributed by atoms with Gasteiger partial charge in [-0.3, -0.25) is 0 Å². The molecule has 1 aliphatic rings. The Morgan fingerprint density at radius 2 is 2.39 bits per heavy atom. The highest BCUT2D eigenvalue weighted by atomic mass is 16.5. The first-order valence-electron chi connectivity index (χ1n) is 6.54. The number of aromatic nitrogens is 2.